The molecule has 1 saturated heterocycles. The zero-order chi connectivity index (χ0) is 16.7. The number of carbonyl (C=O) groups excluding carboxylic acids is 2. The van der Waals surface area contributed by atoms with Crippen LogP contribution in [0.1, 0.15) is 30.1 Å². The van der Waals surface area contributed by atoms with E-state index in [0.29, 0.717) is 17.8 Å². The Bertz CT molecular complexity index is 530. The van der Waals surface area contributed by atoms with Crippen molar-refractivity contribution in [3.63, 3.8) is 0 Å². The highest BCUT2D eigenvalue weighted by Gasteiger charge is 2.15. The quantitative estimate of drug-likeness (QED) is 0.817. The minimum Gasteiger partial charge on any atom is -0.465 e. The largest absolute Gasteiger partial charge is 0.465 e. The topological polar surface area (TPSA) is 70.7 Å². The molecule has 0 bridgehead atoms. The van der Waals surface area contributed by atoms with Crippen LogP contribution in [-0.2, 0) is 4.74 Å². The number of methoxy groups -OCH3 is 1. The summed E-state index contributed by atoms with van der Waals surface area (Å²) in [5.74, 6) is 0.350. The zero-order valence-corrected chi connectivity index (χ0v) is 13.8. The maximum Gasteiger partial charge on any atom is 0.337 e. The SMILES string of the molecule is COC(=O)c1ccc(NC(=O)NCCN2CCC[C@H](C)C2)cc1. The first-order valence-corrected chi connectivity index (χ1v) is 8.04. The lowest BCUT2D eigenvalue weighted by molar-refractivity contribution is 0.0601. The van der Waals surface area contributed by atoms with Crippen LogP contribution in [0.4, 0.5) is 10.5 Å². The van der Waals surface area contributed by atoms with Crippen molar-refractivity contribution in [2.45, 2.75) is 19.8 Å². The summed E-state index contributed by atoms with van der Waals surface area (Å²) in [6.45, 7) is 5.99. The number of likely N-dealkylation sites (tertiary alicyclic amines) is 1. The zero-order valence-electron chi connectivity index (χ0n) is 13.8. The minimum absolute atomic E-state index is 0.235. The Balaban J connectivity index is 1.71. The molecule has 2 N–H and O–H groups in total. The van der Waals surface area contributed by atoms with E-state index in [-0.39, 0.29) is 6.03 Å². The third-order valence-electron chi connectivity index (χ3n) is 4.02. The molecule has 2 amide bonds. The van der Waals surface area contributed by atoms with Gasteiger partial charge in [0, 0.05) is 25.3 Å². The molecule has 0 radical (unpaired) electrons. The predicted molar refractivity (Wildman–Crippen MR) is 89.6 cm³/mol. The summed E-state index contributed by atoms with van der Waals surface area (Å²) in [6, 6.07) is 6.37. The van der Waals surface area contributed by atoms with Gasteiger partial charge in [0.15, 0.2) is 0 Å². The van der Waals surface area contributed by atoms with Gasteiger partial charge >= 0.3 is 12.0 Å². The van der Waals surface area contributed by atoms with E-state index >= 15 is 0 Å². The maximum absolute atomic E-state index is 11.9. The third kappa shape index (κ3) is 5.56. The molecule has 1 aromatic carbocycles. The van der Waals surface area contributed by atoms with Crippen molar-refractivity contribution in [3.05, 3.63) is 29.8 Å². The second-order valence-electron chi connectivity index (χ2n) is 6.00. The number of carbonyl (C=O) groups is 2. The summed E-state index contributed by atoms with van der Waals surface area (Å²) in [4.78, 5) is 25.6. The number of amides is 2. The van der Waals surface area contributed by atoms with Gasteiger partial charge in [-0.3, -0.25) is 0 Å². The van der Waals surface area contributed by atoms with Gasteiger partial charge in [-0.1, -0.05) is 6.92 Å². The molecule has 0 spiro atoms. The van der Waals surface area contributed by atoms with Crippen molar-refractivity contribution < 1.29 is 14.3 Å². The van der Waals surface area contributed by atoms with Crippen LogP contribution in [0.5, 0.6) is 0 Å². The Hall–Kier alpha value is -2.08. The molecule has 23 heavy (non-hydrogen) atoms. The van der Waals surface area contributed by atoms with E-state index in [0.717, 1.165) is 25.6 Å². The number of hydrogen-bond acceptors (Lipinski definition) is 4. The van der Waals surface area contributed by atoms with Gasteiger partial charge in [0.2, 0.25) is 0 Å². The molecule has 1 fully saturated rings. The molecule has 0 aliphatic carbocycles. The molecular formula is C17H25N3O3. The third-order valence-corrected chi connectivity index (χ3v) is 4.02. The minimum atomic E-state index is -0.392. The highest BCUT2D eigenvalue weighted by molar-refractivity contribution is 5.92. The number of esters is 1. The molecule has 1 aliphatic rings. The number of hydrogen-bond donors (Lipinski definition) is 2. The summed E-state index contributed by atoms with van der Waals surface area (Å²) in [5.41, 5.74) is 1.10. The fourth-order valence-corrected chi connectivity index (χ4v) is 2.80. The van der Waals surface area contributed by atoms with E-state index in [1.54, 1.807) is 24.3 Å². The number of anilines is 1. The van der Waals surface area contributed by atoms with Crippen molar-refractivity contribution in [3.8, 4) is 0 Å². The van der Waals surface area contributed by atoms with Gasteiger partial charge in [0.25, 0.3) is 0 Å². The van der Waals surface area contributed by atoms with Gasteiger partial charge in [-0.05, 0) is 49.6 Å². The molecule has 6 nitrogen and oxygen atoms in total. The van der Waals surface area contributed by atoms with Gasteiger partial charge in [-0.15, -0.1) is 0 Å². The van der Waals surface area contributed by atoms with Gasteiger partial charge < -0.3 is 20.3 Å². The Morgan fingerprint density at radius 2 is 2.04 bits per heavy atom. The Morgan fingerprint density at radius 1 is 1.30 bits per heavy atom. The van der Waals surface area contributed by atoms with Crippen LogP contribution in [0.15, 0.2) is 24.3 Å². The highest BCUT2D eigenvalue weighted by Crippen LogP contribution is 2.14. The van der Waals surface area contributed by atoms with E-state index < -0.39 is 5.97 Å². The van der Waals surface area contributed by atoms with Crippen LogP contribution in [0.25, 0.3) is 0 Å². The first-order valence-electron chi connectivity index (χ1n) is 8.04. The summed E-state index contributed by atoms with van der Waals surface area (Å²) in [5, 5.41) is 5.61. The molecule has 126 valence electrons. The monoisotopic (exact) mass is 319 g/mol. The van der Waals surface area contributed by atoms with Crippen molar-refractivity contribution in [2.75, 3.05) is 38.6 Å². The predicted octanol–water partition coefficient (Wildman–Crippen LogP) is 2.33. The van der Waals surface area contributed by atoms with Gasteiger partial charge in [-0.2, -0.15) is 0 Å². The molecule has 0 saturated carbocycles. The molecular weight excluding hydrogens is 294 g/mol. The Kier molecular flexibility index (Phi) is 6.40. The summed E-state index contributed by atoms with van der Waals surface area (Å²) >= 11 is 0. The molecule has 1 aliphatic heterocycles. The van der Waals surface area contributed by atoms with E-state index in [9.17, 15) is 9.59 Å². The van der Waals surface area contributed by atoms with Crippen LogP contribution in [-0.4, -0.2) is 50.2 Å². The summed E-state index contributed by atoms with van der Waals surface area (Å²) in [7, 11) is 1.34. The summed E-state index contributed by atoms with van der Waals surface area (Å²) < 4.78 is 4.63. The number of benzene rings is 1. The first kappa shape index (κ1) is 17.3. The number of rotatable bonds is 5. The maximum atomic E-state index is 11.9. The van der Waals surface area contributed by atoms with Crippen LogP contribution in [0, 0.1) is 5.92 Å². The van der Waals surface area contributed by atoms with Crippen LogP contribution >= 0.6 is 0 Å². The smallest absolute Gasteiger partial charge is 0.337 e. The first-order chi connectivity index (χ1) is 11.1. The molecule has 1 heterocycles. The van der Waals surface area contributed by atoms with Crippen molar-refractivity contribution in [2.24, 2.45) is 5.92 Å². The molecule has 2 rings (SSSR count). The Labute approximate surface area is 137 Å². The number of nitrogens with one attached hydrogen (secondary N) is 2. The number of nitrogens with zero attached hydrogens (tertiary/aromatic N) is 1. The van der Waals surface area contributed by atoms with Crippen molar-refractivity contribution in [1.82, 2.24) is 10.2 Å². The average Bonchev–Trinajstić information content (AvgIpc) is 2.55. The van der Waals surface area contributed by atoms with Crippen LogP contribution < -0.4 is 10.6 Å². The second-order valence-corrected chi connectivity index (χ2v) is 6.00. The van der Waals surface area contributed by atoms with E-state index in [2.05, 4.69) is 27.2 Å². The van der Waals surface area contributed by atoms with Crippen LogP contribution in [0.3, 0.4) is 0 Å². The standard InChI is InChI=1S/C17H25N3O3/c1-13-4-3-10-20(12-13)11-9-18-17(22)19-15-7-5-14(6-8-15)16(21)23-2/h5-8,13H,3-4,9-12H2,1-2H3,(H2,18,19,22)/t13-/m0/s1. The molecule has 0 unspecified atom stereocenters. The number of ether oxygens (including phenoxy) is 1. The molecule has 0 aromatic heterocycles. The van der Waals surface area contributed by atoms with Gasteiger partial charge in [0.1, 0.15) is 0 Å². The lowest BCUT2D eigenvalue weighted by Crippen LogP contribution is -2.41. The van der Waals surface area contributed by atoms with Crippen LogP contribution in [0.2, 0.25) is 0 Å². The lowest BCUT2D eigenvalue weighted by Gasteiger charge is -2.30. The van der Waals surface area contributed by atoms with Gasteiger partial charge in [-0.25, -0.2) is 9.59 Å². The Morgan fingerprint density at radius 3 is 2.70 bits per heavy atom. The normalized spacial score (nSPS) is 18.3. The highest BCUT2D eigenvalue weighted by atomic mass is 16.5. The fraction of sp³-hybridized carbons (Fsp3) is 0.529. The molecule has 1 atom stereocenters. The van der Waals surface area contributed by atoms with E-state index in [1.165, 1.54) is 20.0 Å². The molecule has 6 heteroatoms. The average molecular weight is 319 g/mol. The van der Waals surface area contributed by atoms with Gasteiger partial charge in [0.05, 0.1) is 12.7 Å². The van der Waals surface area contributed by atoms with Crippen molar-refractivity contribution in [1.29, 1.82) is 0 Å². The van der Waals surface area contributed by atoms with E-state index in [4.69, 9.17) is 0 Å². The molecule has 1 aromatic rings. The lowest BCUT2D eigenvalue weighted by atomic mass is 10.0. The fourth-order valence-electron chi connectivity index (χ4n) is 2.80. The van der Waals surface area contributed by atoms with Crippen molar-refractivity contribution >= 4 is 17.7 Å². The van der Waals surface area contributed by atoms with E-state index in [1.807, 2.05) is 0 Å². The number of urea groups is 1. The number of piperidine rings is 1. The summed E-state index contributed by atoms with van der Waals surface area (Å²) in [6.07, 6.45) is 2.53. The second kappa shape index (κ2) is 8.53.